The number of carboxylic acid groups (broad SMARTS) is 1. The van der Waals surface area contributed by atoms with E-state index in [9.17, 15) is 14.7 Å². The van der Waals surface area contributed by atoms with Crippen molar-refractivity contribution in [1.29, 1.82) is 0 Å². The number of carboxylic acids is 1. The highest BCUT2D eigenvalue weighted by Gasteiger charge is 2.66. The van der Waals surface area contributed by atoms with Crippen LogP contribution in [0.5, 0.6) is 0 Å². The van der Waals surface area contributed by atoms with Gasteiger partial charge in [-0.15, -0.1) is 10.2 Å². The number of hydrogen-bond donors (Lipinski definition) is 2. The number of aliphatic carboxylic acids is 1. The van der Waals surface area contributed by atoms with Crippen LogP contribution in [0.4, 0.5) is 0 Å². The molecule has 1 amide bonds. The van der Waals surface area contributed by atoms with E-state index >= 15 is 0 Å². The van der Waals surface area contributed by atoms with E-state index in [-0.39, 0.29) is 12.5 Å². The molecular formula is C16H20N4O4. The van der Waals surface area contributed by atoms with Gasteiger partial charge in [0.2, 0.25) is 0 Å². The molecule has 0 radical (unpaired) electrons. The van der Waals surface area contributed by atoms with E-state index in [0.717, 1.165) is 0 Å². The average Bonchev–Trinajstić information content (AvgIpc) is 3.00. The summed E-state index contributed by atoms with van der Waals surface area (Å²) in [5, 5.41) is 20.1. The van der Waals surface area contributed by atoms with Crippen LogP contribution in [0.3, 0.4) is 0 Å². The van der Waals surface area contributed by atoms with Gasteiger partial charge in [-0.1, -0.05) is 13.8 Å². The first-order valence-corrected chi connectivity index (χ1v) is 7.78. The predicted octanol–water partition coefficient (Wildman–Crippen LogP) is 1.12. The Kier molecular flexibility index (Phi) is 3.79. The van der Waals surface area contributed by atoms with Crippen LogP contribution in [0.2, 0.25) is 0 Å². The molecule has 8 nitrogen and oxygen atoms in total. The lowest BCUT2D eigenvalue weighted by Gasteiger charge is -2.58. The van der Waals surface area contributed by atoms with Crippen LogP contribution in [-0.4, -0.2) is 49.8 Å². The van der Waals surface area contributed by atoms with Crippen LogP contribution in [0, 0.1) is 5.41 Å². The summed E-state index contributed by atoms with van der Waals surface area (Å²) in [5.74, 6) is -1.50. The van der Waals surface area contributed by atoms with Crippen LogP contribution in [-0.2, 0) is 9.53 Å². The van der Waals surface area contributed by atoms with Gasteiger partial charge in [0.05, 0.1) is 11.7 Å². The van der Waals surface area contributed by atoms with Gasteiger partial charge in [0, 0.05) is 24.6 Å². The minimum atomic E-state index is -1.36. The van der Waals surface area contributed by atoms with E-state index in [0.29, 0.717) is 17.8 Å². The Morgan fingerprint density at radius 2 is 2.21 bits per heavy atom. The molecule has 24 heavy (non-hydrogen) atoms. The summed E-state index contributed by atoms with van der Waals surface area (Å²) in [5.41, 5.74) is -1.12. The Morgan fingerprint density at radius 3 is 2.83 bits per heavy atom. The number of carbonyl (C=O) groups excluding carboxylic acids is 1. The summed E-state index contributed by atoms with van der Waals surface area (Å²) < 4.78 is 7.21. The number of carbonyl (C=O) groups is 2. The summed E-state index contributed by atoms with van der Waals surface area (Å²) >= 11 is 0. The molecule has 2 aromatic rings. The zero-order chi connectivity index (χ0) is 17.5. The molecule has 2 N–H and O–H groups in total. The first-order valence-electron chi connectivity index (χ1n) is 7.78. The van der Waals surface area contributed by atoms with E-state index in [2.05, 4.69) is 15.5 Å². The molecule has 2 atom stereocenters. The predicted molar refractivity (Wildman–Crippen MR) is 84.6 cm³/mol. The zero-order valence-electron chi connectivity index (χ0n) is 13.8. The highest BCUT2D eigenvalue weighted by atomic mass is 16.5. The van der Waals surface area contributed by atoms with Crippen LogP contribution in [0.1, 0.15) is 37.6 Å². The molecular weight excluding hydrogens is 312 g/mol. The summed E-state index contributed by atoms with van der Waals surface area (Å²) in [6, 6.07) is 3.25. The summed E-state index contributed by atoms with van der Waals surface area (Å²) in [7, 11) is 0. The highest BCUT2D eigenvalue weighted by Crippen LogP contribution is 2.51. The number of fused-ring (bicyclic) bond motifs is 1. The van der Waals surface area contributed by atoms with E-state index in [1.54, 1.807) is 36.6 Å². The van der Waals surface area contributed by atoms with Gasteiger partial charge in [0.1, 0.15) is 11.9 Å². The normalized spacial score (nSPS) is 25.2. The Hall–Kier alpha value is -2.48. The fourth-order valence-corrected chi connectivity index (χ4v) is 3.26. The Bertz CT molecular complexity index is 800. The fraction of sp³-hybridized carbons (Fsp3) is 0.500. The first kappa shape index (κ1) is 16.4. The van der Waals surface area contributed by atoms with Crippen molar-refractivity contribution in [3.63, 3.8) is 0 Å². The topological polar surface area (TPSA) is 106 Å². The number of aromatic nitrogens is 3. The number of amides is 1. The van der Waals surface area contributed by atoms with Gasteiger partial charge in [0.15, 0.2) is 5.65 Å². The molecule has 8 heteroatoms. The van der Waals surface area contributed by atoms with E-state index in [1.165, 1.54) is 6.33 Å². The van der Waals surface area contributed by atoms with Gasteiger partial charge in [-0.2, -0.15) is 0 Å². The van der Waals surface area contributed by atoms with Gasteiger partial charge in [-0.05, 0) is 19.1 Å². The van der Waals surface area contributed by atoms with Crippen molar-refractivity contribution in [1.82, 2.24) is 19.9 Å². The first-order chi connectivity index (χ1) is 11.3. The van der Waals surface area contributed by atoms with Crippen molar-refractivity contribution in [2.24, 2.45) is 5.41 Å². The third-order valence-corrected chi connectivity index (χ3v) is 5.01. The second kappa shape index (κ2) is 5.55. The van der Waals surface area contributed by atoms with Crippen molar-refractivity contribution < 1.29 is 19.4 Å². The molecule has 0 spiro atoms. The fourth-order valence-electron chi connectivity index (χ4n) is 3.26. The van der Waals surface area contributed by atoms with Gasteiger partial charge >= 0.3 is 5.97 Å². The molecule has 2 aromatic heterocycles. The highest BCUT2D eigenvalue weighted by molar-refractivity contribution is 5.98. The molecule has 0 aromatic carbocycles. The Balaban J connectivity index is 1.86. The second-order valence-corrected chi connectivity index (χ2v) is 6.55. The standard InChI is InChI=1S/C16H20N4O4/c1-4-24-11-7-16(14(22)23,15(11,2)3)18-13(21)10-5-6-12-19-17-9-20(12)8-10/h5-6,8-9,11H,4,7H2,1-3H3,(H,18,21)(H,22,23). The number of pyridine rings is 1. The second-order valence-electron chi connectivity index (χ2n) is 6.55. The maximum Gasteiger partial charge on any atom is 0.330 e. The minimum absolute atomic E-state index is 0.209. The van der Waals surface area contributed by atoms with Crippen molar-refractivity contribution >= 4 is 17.5 Å². The number of rotatable bonds is 5. The van der Waals surface area contributed by atoms with Gasteiger partial charge in [0.25, 0.3) is 5.91 Å². The SMILES string of the molecule is CCOC1CC(NC(=O)c2ccc3nncn3c2)(C(=O)O)C1(C)C. The monoisotopic (exact) mass is 332 g/mol. The maximum atomic E-state index is 12.6. The minimum Gasteiger partial charge on any atom is -0.479 e. The van der Waals surface area contributed by atoms with Gasteiger partial charge in [-0.25, -0.2) is 4.79 Å². The maximum absolute atomic E-state index is 12.6. The molecule has 0 bridgehead atoms. The molecule has 2 heterocycles. The molecule has 128 valence electrons. The van der Waals surface area contributed by atoms with E-state index < -0.39 is 22.8 Å². The Morgan fingerprint density at radius 1 is 1.46 bits per heavy atom. The lowest BCUT2D eigenvalue weighted by atomic mass is 9.54. The number of hydrogen-bond acceptors (Lipinski definition) is 5. The van der Waals surface area contributed by atoms with E-state index in [4.69, 9.17) is 4.74 Å². The molecule has 1 aliphatic rings. The molecule has 0 aliphatic heterocycles. The summed E-state index contributed by atoms with van der Waals surface area (Å²) in [4.78, 5) is 24.5. The quantitative estimate of drug-likeness (QED) is 0.850. The van der Waals surface area contributed by atoms with Crippen molar-refractivity contribution in [3.8, 4) is 0 Å². The van der Waals surface area contributed by atoms with Crippen LogP contribution in [0.15, 0.2) is 24.7 Å². The number of nitrogens with zero attached hydrogens (tertiary/aromatic N) is 3. The van der Waals surface area contributed by atoms with Crippen molar-refractivity contribution in [2.45, 2.75) is 38.8 Å². The summed E-state index contributed by atoms with van der Waals surface area (Å²) in [6.07, 6.45) is 3.09. The van der Waals surface area contributed by atoms with Crippen LogP contribution >= 0.6 is 0 Å². The Labute approximate surface area is 138 Å². The molecule has 0 saturated heterocycles. The molecule has 1 fully saturated rings. The molecule has 3 rings (SSSR count). The van der Waals surface area contributed by atoms with Crippen LogP contribution < -0.4 is 5.32 Å². The third-order valence-electron chi connectivity index (χ3n) is 5.01. The van der Waals surface area contributed by atoms with Gasteiger partial charge in [-0.3, -0.25) is 9.20 Å². The molecule has 2 unspecified atom stereocenters. The number of ether oxygens (including phenoxy) is 1. The molecule has 1 aliphatic carbocycles. The zero-order valence-corrected chi connectivity index (χ0v) is 13.8. The third kappa shape index (κ3) is 2.25. The number of nitrogens with one attached hydrogen (secondary N) is 1. The summed E-state index contributed by atoms with van der Waals surface area (Å²) in [6.45, 7) is 5.97. The van der Waals surface area contributed by atoms with E-state index in [1.807, 2.05) is 6.92 Å². The van der Waals surface area contributed by atoms with Crippen LogP contribution in [0.25, 0.3) is 5.65 Å². The average molecular weight is 332 g/mol. The molecule has 1 saturated carbocycles. The lowest BCUT2D eigenvalue weighted by molar-refractivity contribution is -0.190. The van der Waals surface area contributed by atoms with Gasteiger partial charge < -0.3 is 15.2 Å². The lowest BCUT2D eigenvalue weighted by Crippen LogP contribution is -2.76. The largest absolute Gasteiger partial charge is 0.479 e. The smallest absolute Gasteiger partial charge is 0.330 e. The van der Waals surface area contributed by atoms with Crippen molar-refractivity contribution in [2.75, 3.05) is 6.61 Å². The van der Waals surface area contributed by atoms with Crippen molar-refractivity contribution in [3.05, 3.63) is 30.2 Å².